The van der Waals surface area contributed by atoms with Crippen LogP contribution in [0.2, 0.25) is 5.02 Å². The Morgan fingerprint density at radius 1 is 1.43 bits per heavy atom. The van der Waals surface area contributed by atoms with Crippen LogP contribution in [0.25, 0.3) is 0 Å². The van der Waals surface area contributed by atoms with E-state index in [0.29, 0.717) is 27.9 Å². The Morgan fingerprint density at radius 2 is 2.14 bits per heavy atom. The monoisotopic (exact) mass is 373 g/mol. The molecular weight excluding hydrogens is 358 g/mol. The lowest BCUT2D eigenvalue weighted by molar-refractivity contribution is -0.146. The maximum atomic E-state index is 12.4. The van der Waals surface area contributed by atoms with Crippen LogP contribution in [0.3, 0.4) is 0 Å². The lowest BCUT2D eigenvalue weighted by atomic mass is 9.76. The average Bonchev–Trinajstić information content (AvgIpc) is 2.37. The van der Waals surface area contributed by atoms with Crippen molar-refractivity contribution in [1.29, 1.82) is 0 Å². The first-order valence-corrected chi connectivity index (χ1v) is 8.01. The summed E-state index contributed by atoms with van der Waals surface area (Å²) in [5.41, 5.74) is -0.822. The fraction of sp³-hybridized carbons (Fsp3) is 0.467. The molecule has 0 radical (unpaired) electrons. The van der Waals surface area contributed by atoms with Gasteiger partial charge in [-0.1, -0.05) is 47.3 Å². The van der Waals surface area contributed by atoms with Gasteiger partial charge in [0.15, 0.2) is 0 Å². The van der Waals surface area contributed by atoms with Gasteiger partial charge in [0.05, 0.1) is 0 Å². The first kappa shape index (κ1) is 16.3. The standard InChI is InChI=1S/C15H17BrClNO3/c1-9-3-2-4-15(8-9,14(20)21)18-13(19)10-5-11(16)7-12(17)6-10/h5-7,9H,2-4,8H2,1H3,(H,18,19)(H,20,21). The molecular formula is C15H17BrClNO3. The minimum atomic E-state index is -1.18. The Balaban J connectivity index is 2.24. The molecule has 1 saturated carbocycles. The van der Waals surface area contributed by atoms with Crippen LogP contribution in [0.1, 0.15) is 43.0 Å². The zero-order valence-electron chi connectivity index (χ0n) is 11.7. The van der Waals surface area contributed by atoms with Crippen LogP contribution in [-0.2, 0) is 4.79 Å². The van der Waals surface area contributed by atoms with Crippen molar-refractivity contribution in [3.8, 4) is 0 Å². The van der Waals surface area contributed by atoms with Crippen molar-refractivity contribution in [2.45, 2.75) is 38.1 Å². The van der Waals surface area contributed by atoms with E-state index in [1.54, 1.807) is 12.1 Å². The predicted octanol–water partition coefficient (Wildman–Crippen LogP) is 3.87. The van der Waals surface area contributed by atoms with Crippen LogP contribution < -0.4 is 5.32 Å². The molecule has 1 aromatic rings. The zero-order valence-corrected chi connectivity index (χ0v) is 14.0. The van der Waals surface area contributed by atoms with Gasteiger partial charge in [0.25, 0.3) is 5.91 Å². The van der Waals surface area contributed by atoms with Crippen LogP contribution in [-0.4, -0.2) is 22.5 Å². The molecule has 0 aromatic heterocycles. The van der Waals surface area contributed by atoms with Gasteiger partial charge in [0, 0.05) is 15.1 Å². The van der Waals surface area contributed by atoms with Gasteiger partial charge in [-0.15, -0.1) is 0 Å². The van der Waals surface area contributed by atoms with Gasteiger partial charge in [-0.3, -0.25) is 4.79 Å². The molecule has 2 unspecified atom stereocenters. The molecule has 1 amide bonds. The molecule has 1 aromatic carbocycles. The second-order valence-electron chi connectivity index (χ2n) is 5.70. The number of carbonyl (C=O) groups is 2. The van der Waals surface area contributed by atoms with Gasteiger partial charge in [-0.25, -0.2) is 4.79 Å². The number of nitrogens with one attached hydrogen (secondary N) is 1. The van der Waals surface area contributed by atoms with Crippen LogP contribution in [0.4, 0.5) is 0 Å². The van der Waals surface area contributed by atoms with E-state index in [0.717, 1.165) is 12.8 Å². The minimum Gasteiger partial charge on any atom is -0.480 e. The van der Waals surface area contributed by atoms with Crippen LogP contribution in [0, 0.1) is 5.92 Å². The Bertz CT molecular complexity index is 558. The molecule has 0 bridgehead atoms. The zero-order chi connectivity index (χ0) is 15.6. The Labute approximate surface area is 137 Å². The number of benzene rings is 1. The molecule has 0 heterocycles. The van der Waals surface area contributed by atoms with E-state index >= 15 is 0 Å². The molecule has 0 spiro atoms. The summed E-state index contributed by atoms with van der Waals surface area (Å²) in [6.45, 7) is 2.01. The number of hydrogen-bond donors (Lipinski definition) is 2. The number of halogens is 2. The Kier molecular flexibility index (Phi) is 4.94. The smallest absolute Gasteiger partial charge is 0.329 e. The summed E-state index contributed by atoms with van der Waals surface area (Å²) in [6, 6.07) is 4.83. The van der Waals surface area contributed by atoms with Crippen molar-refractivity contribution in [3.05, 3.63) is 33.3 Å². The minimum absolute atomic E-state index is 0.279. The number of rotatable bonds is 3. The van der Waals surface area contributed by atoms with E-state index < -0.39 is 17.4 Å². The van der Waals surface area contributed by atoms with Crippen LogP contribution >= 0.6 is 27.5 Å². The predicted molar refractivity (Wildman–Crippen MR) is 84.6 cm³/mol. The molecule has 21 heavy (non-hydrogen) atoms. The second-order valence-corrected chi connectivity index (χ2v) is 7.05. The van der Waals surface area contributed by atoms with E-state index in [1.807, 2.05) is 6.92 Å². The van der Waals surface area contributed by atoms with Crippen molar-refractivity contribution in [2.24, 2.45) is 5.92 Å². The van der Waals surface area contributed by atoms with Gasteiger partial charge in [-0.2, -0.15) is 0 Å². The molecule has 0 saturated heterocycles. The summed E-state index contributed by atoms with van der Waals surface area (Å²) < 4.78 is 0.682. The van der Waals surface area contributed by atoms with Gasteiger partial charge in [0.2, 0.25) is 0 Å². The maximum Gasteiger partial charge on any atom is 0.329 e. The molecule has 2 rings (SSSR count). The summed E-state index contributed by atoms with van der Waals surface area (Å²) in [5.74, 6) is -1.10. The van der Waals surface area contributed by atoms with E-state index in [-0.39, 0.29) is 5.92 Å². The SMILES string of the molecule is CC1CCCC(NC(=O)c2cc(Cl)cc(Br)c2)(C(=O)O)C1. The Morgan fingerprint density at radius 3 is 2.71 bits per heavy atom. The number of aliphatic carboxylic acids is 1. The highest BCUT2D eigenvalue weighted by Crippen LogP contribution is 2.33. The summed E-state index contributed by atoms with van der Waals surface area (Å²) in [7, 11) is 0. The molecule has 2 N–H and O–H groups in total. The number of carboxylic acids is 1. The molecule has 6 heteroatoms. The number of carboxylic acid groups (broad SMARTS) is 1. The molecule has 0 aliphatic heterocycles. The molecule has 1 aliphatic rings. The van der Waals surface area contributed by atoms with Gasteiger partial charge >= 0.3 is 5.97 Å². The second kappa shape index (κ2) is 6.36. The van der Waals surface area contributed by atoms with Crippen molar-refractivity contribution >= 4 is 39.4 Å². The molecule has 1 aliphatic carbocycles. The quantitative estimate of drug-likeness (QED) is 0.844. The molecule has 114 valence electrons. The van der Waals surface area contributed by atoms with Crippen molar-refractivity contribution in [1.82, 2.24) is 5.32 Å². The fourth-order valence-corrected chi connectivity index (χ4v) is 3.75. The van der Waals surface area contributed by atoms with Crippen LogP contribution in [0.5, 0.6) is 0 Å². The normalized spacial score (nSPS) is 25.4. The third-order valence-corrected chi connectivity index (χ3v) is 4.56. The highest BCUT2D eigenvalue weighted by Gasteiger charge is 2.43. The van der Waals surface area contributed by atoms with E-state index in [9.17, 15) is 14.7 Å². The molecule has 1 fully saturated rings. The first-order valence-electron chi connectivity index (χ1n) is 6.84. The van der Waals surface area contributed by atoms with Crippen LogP contribution in [0.15, 0.2) is 22.7 Å². The van der Waals surface area contributed by atoms with E-state index in [1.165, 1.54) is 6.07 Å². The van der Waals surface area contributed by atoms with Gasteiger partial charge < -0.3 is 10.4 Å². The topological polar surface area (TPSA) is 66.4 Å². The van der Waals surface area contributed by atoms with E-state index in [2.05, 4.69) is 21.2 Å². The largest absolute Gasteiger partial charge is 0.480 e. The number of amides is 1. The summed E-state index contributed by atoms with van der Waals surface area (Å²) in [5, 5.41) is 12.7. The molecule has 4 nitrogen and oxygen atoms in total. The summed E-state index contributed by atoms with van der Waals surface area (Å²) in [6.07, 6.45) is 2.70. The highest BCUT2D eigenvalue weighted by molar-refractivity contribution is 9.10. The lowest BCUT2D eigenvalue weighted by Gasteiger charge is -2.37. The van der Waals surface area contributed by atoms with E-state index in [4.69, 9.17) is 11.6 Å². The maximum absolute atomic E-state index is 12.4. The average molecular weight is 375 g/mol. The third-order valence-electron chi connectivity index (χ3n) is 3.88. The first-order chi connectivity index (χ1) is 9.82. The lowest BCUT2D eigenvalue weighted by Crippen LogP contribution is -2.56. The molecule has 2 atom stereocenters. The summed E-state index contributed by atoms with van der Waals surface area (Å²) in [4.78, 5) is 24.1. The summed E-state index contributed by atoms with van der Waals surface area (Å²) >= 11 is 9.21. The fourth-order valence-electron chi connectivity index (χ4n) is 2.89. The Hall–Kier alpha value is -1.07. The van der Waals surface area contributed by atoms with Crippen molar-refractivity contribution < 1.29 is 14.7 Å². The third kappa shape index (κ3) is 3.77. The highest BCUT2D eigenvalue weighted by atomic mass is 79.9. The van der Waals surface area contributed by atoms with Gasteiger partial charge in [-0.05, 0) is 37.0 Å². The number of carbonyl (C=O) groups excluding carboxylic acids is 1. The number of hydrogen-bond acceptors (Lipinski definition) is 2. The van der Waals surface area contributed by atoms with Crippen molar-refractivity contribution in [2.75, 3.05) is 0 Å². The van der Waals surface area contributed by atoms with Crippen molar-refractivity contribution in [3.63, 3.8) is 0 Å². The van der Waals surface area contributed by atoms with Gasteiger partial charge in [0.1, 0.15) is 5.54 Å².